The van der Waals surface area contributed by atoms with Crippen molar-refractivity contribution in [3.63, 3.8) is 0 Å². The fourth-order valence-electron chi connectivity index (χ4n) is 3.27. The maximum Gasteiger partial charge on any atom is 0.284 e. The SMILES string of the molecule is Cc1sc2nc3sc(CNC4CCCCC4)nn3c(=O)c2c1C. The minimum Gasteiger partial charge on any atom is -0.308 e. The second kappa shape index (κ2) is 5.96. The van der Waals surface area contributed by atoms with Crippen LogP contribution in [0.3, 0.4) is 0 Å². The summed E-state index contributed by atoms with van der Waals surface area (Å²) in [5, 5.41) is 9.74. The molecule has 23 heavy (non-hydrogen) atoms. The van der Waals surface area contributed by atoms with Gasteiger partial charge in [-0.3, -0.25) is 4.79 Å². The number of fused-ring (bicyclic) bond motifs is 2. The molecule has 0 bridgehead atoms. The highest BCUT2D eigenvalue weighted by Gasteiger charge is 2.17. The molecule has 0 atom stereocenters. The molecule has 0 aromatic carbocycles. The zero-order chi connectivity index (χ0) is 16.0. The maximum absolute atomic E-state index is 12.7. The van der Waals surface area contributed by atoms with Crippen LogP contribution in [0.25, 0.3) is 15.2 Å². The molecule has 3 aromatic heterocycles. The average Bonchev–Trinajstić information content (AvgIpc) is 3.08. The summed E-state index contributed by atoms with van der Waals surface area (Å²) in [6.07, 6.45) is 6.48. The summed E-state index contributed by atoms with van der Waals surface area (Å²) in [5.74, 6) is 0. The van der Waals surface area contributed by atoms with Crippen LogP contribution in [0.1, 0.15) is 47.6 Å². The van der Waals surface area contributed by atoms with E-state index in [9.17, 15) is 4.79 Å². The van der Waals surface area contributed by atoms with E-state index in [0.29, 0.717) is 11.0 Å². The summed E-state index contributed by atoms with van der Waals surface area (Å²) in [6.45, 7) is 4.75. The Morgan fingerprint density at radius 3 is 2.78 bits per heavy atom. The third kappa shape index (κ3) is 2.70. The van der Waals surface area contributed by atoms with Crippen LogP contribution in [0, 0.1) is 13.8 Å². The Bertz CT molecular complexity index is 918. The standard InChI is InChI=1S/C16H20N4OS2/c1-9-10(2)22-14-13(9)15(21)20-16(18-14)23-12(19-20)8-17-11-6-4-3-5-7-11/h11,17H,3-8H2,1-2H3. The first kappa shape index (κ1) is 15.2. The highest BCUT2D eigenvalue weighted by Crippen LogP contribution is 2.27. The Morgan fingerprint density at radius 2 is 2.00 bits per heavy atom. The summed E-state index contributed by atoms with van der Waals surface area (Å²) in [4.78, 5) is 20.0. The quantitative estimate of drug-likeness (QED) is 0.788. The molecule has 5 nitrogen and oxygen atoms in total. The molecule has 1 fully saturated rings. The Hall–Kier alpha value is -1.31. The van der Waals surface area contributed by atoms with Crippen LogP contribution in [0.15, 0.2) is 4.79 Å². The van der Waals surface area contributed by atoms with Crippen molar-refractivity contribution in [3.05, 3.63) is 25.8 Å². The van der Waals surface area contributed by atoms with Crippen molar-refractivity contribution in [2.45, 2.75) is 58.5 Å². The normalized spacial score (nSPS) is 16.6. The van der Waals surface area contributed by atoms with Crippen molar-refractivity contribution < 1.29 is 0 Å². The van der Waals surface area contributed by atoms with E-state index in [2.05, 4.69) is 15.4 Å². The highest BCUT2D eigenvalue weighted by atomic mass is 32.1. The van der Waals surface area contributed by atoms with E-state index in [1.165, 1.54) is 48.0 Å². The van der Waals surface area contributed by atoms with Gasteiger partial charge < -0.3 is 5.32 Å². The van der Waals surface area contributed by atoms with Crippen LogP contribution in [-0.4, -0.2) is 20.6 Å². The lowest BCUT2D eigenvalue weighted by Crippen LogP contribution is -2.30. The van der Waals surface area contributed by atoms with Gasteiger partial charge in [-0.2, -0.15) is 9.61 Å². The lowest BCUT2D eigenvalue weighted by molar-refractivity contribution is 0.371. The summed E-state index contributed by atoms with van der Waals surface area (Å²) in [7, 11) is 0. The highest BCUT2D eigenvalue weighted by molar-refractivity contribution is 7.19. The number of rotatable bonds is 3. The number of aryl methyl sites for hydroxylation is 2. The lowest BCUT2D eigenvalue weighted by atomic mass is 9.96. The third-order valence-corrected chi connectivity index (χ3v) is 6.73. The van der Waals surface area contributed by atoms with E-state index < -0.39 is 0 Å². The van der Waals surface area contributed by atoms with Crippen LogP contribution < -0.4 is 10.9 Å². The van der Waals surface area contributed by atoms with Gasteiger partial charge in [-0.05, 0) is 32.3 Å². The fourth-order valence-corrected chi connectivity index (χ4v) is 5.18. The molecule has 0 amide bonds. The van der Waals surface area contributed by atoms with E-state index in [1.807, 2.05) is 13.8 Å². The minimum absolute atomic E-state index is 0.0352. The van der Waals surface area contributed by atoms with Crippen LogP contribution in [0.2, 0.25) is 0 Å². The Balaban J connectivity index is 1.66. The smallest absolute Gasteiger partial charge is 0.284 e. The molecule has 0 unspecified atom stereocenters. The molecule has 0 spiro atoms. The molecule has 3 heterocycles. The van der Waals surface area contributed by atoms with Crippen LogP contribution in [0.4, 0.5) is 0 Å². The number of hydrogen-bond donors (Lipinski definition) is 1. The van der Waals surface area contributed by atoms with Gasteiger partial charge in [0.05, 0.1) is 5.39 Å². The van der Waals surface area contributed by atoms with Crippen molar-refractivity contribution in [1.29, 1.82) is 0 Å². The molecule has 4 rings (SSSR count). The van der Waals surface area contributed by atoms with E-state index in [4.69, 9.17) is 0 Å². The molecule has 122 valence electrons. The maximum atomic E-state index is 12.7. The van der Waals surface area contributed by atoms with E-state index in [0.717, 1.165) is 32.2 Å². The molecule has 0 radical (unpaired) electrons. The van der Waals surface area contributed by atoms with Crippen LogP contribution >= 0.6 is 22.7 Å². The van der Waals surface area contributed by atoms with E-state index >= 15 is 0 Å². The number of nitrogens with zero attached hydrogens (tertiary/aromatic N) is 3. The van der Waals surface area contributed by atoms with Crippen molar-refractivity contribution in [3.8, 4) is 0 Å². The largest absolute Gasteiger partial charge is 0.308 e. The Labute approximate surface area is 142 Å². The molecule has 1 saturated carbocycles. The number of thiophene rings is 1. The van der Waals surface area contributed by atoms with Gasteiger partial charge in [-0.15, -0.1) is 11.3 Å². The van der Waals surface area contributed by atoms with Crippen molar-refractivity contribution in [2.75, 3.05) is 0 Å². The molecule has 7 heteroatoms. The van der Waals surface area contributed by atoms with Gasteiger partial charge in [0, 0.05) is 17.5 Å². The summed E-state index contributed by atoms with van der Waals surface area (Å²) < 4.78 is 1.48. The van der Waals surface area contributed by atoms with Crippen molar-refractivity contribution in [1.82, 2.24) is 19.9 Å². The van der Waals surface area contributed by atoms with Gasteiger partial charge in [0.2, 0.25) is 4.96 Å². The van der Waals surface area contributed by atoms with Gasteiger partial charge in [0.1, 0.15) is 9.84 Å². The molecule has 1 aliphatic rings. The topological polar surface area (TPSA) is 59.3 Å². The predicted octanol–water partition coefficient (Wildman–Crippen LogP) is 3.40. The molecular weight excluding hydrogens is 328 g/mol. The number of hydrogen-bond acceptors (Lipinski definition) is 6. The molecule has 0 aliphatic heterocycles. The zero-order valence-electron chi connectivity index (χ0n) is 13.4. The molecule has 0 saturated heterocycles. The predicted molar refractivity (Wildman–Crippen MR) is 95.7 cm³/mol. The Morgan fingerprint density at radius 1 is 1.22 bits per heavy atom. The van der Waals surface area contributed by atoms with Gasteiger partial charge in [-0.25, -0.2) is 4.98 Å². The van der Waals surface area contributed by atoms with E-state index in [-0.39, 0.29) is 5.56 Å². The Kier molecular flexibility index (Phi) is 3.95. The second-order valence-corrected chi connectivity index (χ2v) is 8.53. The second-order valence-electron chi connectivity index (χ2n) is 6.29. The first-order valence-corrected chi connectivity index (χ1v) is 9.78. The molecular formula is C16H20N4OS2. The monoisotopic (exact) mass is 348 g/mol. The van der Waals surface area contributed by atoms with Crippen LogP contribution in [-0.2, 0) is 6.54 Å². The summed E-state index contributed by atoms with van der Waals surface area (Å²) in [5.41, 5.74) is 0.999. The molecule has 1 aliphatic carbocycles. The lowest BCUT2D eigenvalue weighted by Gasteiger charge is -2.22. The average molecular weight is 348 g/mol. The van der Waals surface area contributed by atoms with E-state index in [1.54, 1.807) is 11.3 Å². The number of aromatic nitrogens is 3. The van der Waals surface area contributed by atoms with Gasteiger partial charge in [0.25, 0.3) is 5.56 Å². The van der Waals surface area contributed by atoms with Crippen molar-refractivity contribution >= 4 is 37.9 Å². The summed E-state index contributed by atoms with van der Waals surface area (Å²) in [6, 6.07) is 0.592. The number of nitrogens with one attached hydrogen (secondary N) is 1. The van der Waals surface area contributed by atoms with Gasteiger partial charge in [-0.1, -0.05) is 30.6 Å². The first-order valence-electron chi connectivity index (χ1n) is 8.15. The van der Waals surface area contributed by atoms with Crippen molar-refractivity contribution in [2.24, 2.45) is 0 Å². The molecule has 3 aromatic rings. The first-order chi connectivity index (χ1) is 11.1. The van der Waals surface area contributed by atoms with Crippen LogP contribution in [0.5, 0.6) is 0 Å². The summed E-state index contributed by atoms with van der Waals surface area (Å²) >= 11 is 3.11. The molecule has 1 N–H and O–H groups in total. The fraction of sp³-hybridized carbons (Fsp3) is 0.562. The van der Waals surface area contributed by atoms with Gasteiger partial charge >= 0.3 is 0 Å². The van der Waals surface area contributed by atoms with Gasteiger partial charge in [0.15, 0.2) is 0 Å². The minimum atomic E-state index is -0.0352. The zero-order valence-corrected chi connectivity index (χ0v) is 15.0. The third-order valence-electron chi connectivity index (χ3n) is 4.72.